The number of nitrogens with two attached hydrogens (primary N) is 1. The second-order valence-electron chi connectivity index (χ2n) is 8.91. The van der Waals surface area contributed by atoms with Crippen LogP contribution in [0.3, 0.4) is 0 Å². The quantitative estimate of drug-likeness (QED) is 0.427. The minimum atomic E-state index is -1.53. The molecule has 1 fully saturated rings. The lowest BCUT2D eigenvalue weighted by Crippen LogP contribution is -2.64. The van der Waals surface area contributed by atoms with Crippen LogP contribution in [0.1, 0.15) is 38.3 Å². The second kappa shape index (κ2) is 7.94. The number of amides is 1. The van der Waals surface area contributed by atoms with Crippen LogP contribution in [0.25, 0.3) is 22.9 Å². The van der Waals surface area contributed by atoms with E-state index in [-0.39, 0.29) is 12.0 Å². The van der Waals surface area contributed by atoms with Gasteiger partial charge in [-0.3, -0.25) is 9.69 Å². The molecule has 1 unspecified atom stereocenters. The maximum absolute atomic E-state index is 11.7. The summed E-state index contributed by atoms with van der Waals surface area (Å²) in [6, 6.07) is 6.27. The zero-order valence-corrected chi connectivity index (χ0v) is 18.8. The molecule has 174 valence electrons. The summed E-state index contributed by atoms with van der Waals surface area (Å²) in [5.41, 5.74) is 6.62. The van der Waals surface area contributed by atoms with Crippen LogP contribution >= 0.6 is 0 Å². The van der Waals surface area contributed by atoms with E-state index in [9.17, 15) is 4.79 Å². The minimum Gasteiger partial charge on any atom is -0.491 e. The molecule has 3 N–H and O–H groups in total. The SMILES string of the molecule is CC(C)n1ncnc1-c1cn2c(n1)-c1ccc(C3CN(C(C)(OO)C(N)=O)C3)cc1OCC2. The van der Waals surface area contributed by atoms with Crippen molar-refractivity contribution in [2.75, 3.05) is 19.7 Å². The van der Waals surface area contributed by atoms with Gasteiger partial charge in [0.05, 0.1) is 12.1 Å². The lowest BCUT2D eigenvalue weighted by molar-refractivity contribution is -0.351. The largest absolute Gasteiger partial charge is 0.491 e. The van der Waals surface area contributed by atoms with Crippen LogP contribution in [0.15, 0.2) is 30.7 Å². The highest BCUT2D eigenvalue weighted by Crippen LogP contribution is 2.39. The van der Waals surface area contributed by atoms with E-state index in [1.165, 1.54) is 6.92 Å². The number of carbonyl (C=O) groups is 1. The van der Waals surface area contributed by atoms with E-state index in [4.69, 9.17) is 20.7 Å². The molecule has 5 rings (SSSR count). The fourth-order valence-electron chi connectivity index (χ4n) is 4.37. The molecule has 0 radical (unpaired) electrons. The molecule has 2 aromatic heterocycles. The van der Waals surface area contributed by atoms with Crippen molar-refractivity contribution in [3.63, 3.8) is 0 Å². The number of hydrogen-bond acceptors (Lipinski definition) is 8. The minimum absolute atomic E-state index is 0.163. The number of rotatable bonds is 6. The first kappa shape index (κ1) is 21.6. The second-order valence-corrected chi connectivity index (χ2v) is 8.91. The number of imidazole rings is 1. The van der Waals surface area contributed by atoms with Gasteiger partial charge in [0.15, 0.2) is 5.82 Å². The van der Waals surface area contributed by atoms with Crippen molar-refractivity contribution in [3.05, 3.63) is 36.3 Å². The van der Waals surface area contributed by atoms with E-state index in [0.717, 1.165) is 34.2 Å². The molecule has 0 bridgehead atoms. The molecule has 3 aromatic rings. The Morgan fingerprint density at radius 3 is 2.82 bits per heavy atom. The van der Waals surface area contributed by atoms with E-state index >= 15 is 0 Å². The predicted octanol–water partition coefficient (Wildman–Crippen LogP) is 1.87. The number of likely N-dealkylation sites (tertiary alicyclic amines) is 1. The Bertz CT molecular complexity index is 1200. The fraction of sp³-hybridized carbons (Fsp3) is 0.455. The topological polar surface area (TPSA) is 134 Å². The molecule has 1 atom stereocenters. The van der Waals surface area contributed by atoms with Gasteiger partial charge in [0.1, 0.15) is 30.2 Å². The molecule has 11 nitrogen and oxygen atoms in total. The van der Waals surface area contributed by atoms with Gasteiger partial charge in [-0.05, 0) is 38.5 Å². The van der Waals surface area contributed by atoms with Crippen molar-refractivity contribution < 1.29 is 19.7 Å². The maximum atomic E-state index is 11.7. The van der Waals surface area contributed by atoms with Crippen molar-refractivity contribution in [1.82, 2.24) is 29.2 Å². The summed E-state index contributed by atoms with van der Waals surface area (Å²) in [5.74, 6) is 1.76. The van der Waals surface area contributed by atoms with Crippen molar-refractivity contribution >= 4 is 5.91 Å². The molecule has 0 aliphatic carbocycles. The Kier molecular flexibility index (Phi) is 5.19. The highest BCUT2D eigenvalue weighted by Gasteiger charge is 2.47. The van der Waals surface area contributed by atoms with Gasteiger partial charge in [0.2, 0.25) is 5.72 Å². The number of hydrogen-bond donors (Lipinski definition) is 2. The van der Waals surface area contributed by atoms with Crippen molar-refractivity contribution in [3.8, 4) is 28.7 Å². The summed E-state index contributed by atoms with van der Waals surface area (Å²) in [7, 11) is 0. The van der Waals surface area contributed by atoms with E-state index < -0.39 is 11.6 Å². The van der Waals surface area contributed by atoms with Crippen molar-refractivity contribution in [1.29, 1.82) is 0 Å². The normalized spacial score (nSPS) is 18.1. The summed E-state index contributed by atoms with van der Waals surface area (Å²) >= 11 is 0. The lowest BCUT2D eigenvalue weighted by atomic mass is 9.88. The van der Waals surface area contributed by atoms with Gasteiger partial charge in [-0.1, -0.05) is 6.07 Å². The molecule has 1 amide bonds. The third-order valence-electron chi connectivity index (χ3n) is 6.50. The highest BCUT2D eigenvalue weighted by molar-refractivity contribution is 5.82. The van der Waals surface area contributed by atoms with Crippen LogP contribution in [0.5, 0.6) is 5.75 Å². The van der Waals surface area contributed by atoms with Gasteiger partial charge in [-0.15, -0.1) is 0 Å². The summed E-state index contributed by atoms with van der Waals surface area (Å²) < 4.78 is 10.00. The number of ether oxygens (including phenoxy) is 1. The van der Waals surface area contributed by atoms with Gasteiger partial charge in [0, 0.05) is 31.2 Å². The Hall–Kier alpha value is -3.28. The molecule has 11 heteroatoms. The number of carbonyl (C=O) groups excluding carboxylic acids is 1. The molecule has 4 heterocycles. The Morgan fingerprint density at radius 2 is 2.12 bits per heavy atom. The third kappa shape index (κ3) is 3.48. The third-order valence-corrected chi connectivity index (χ3v) is 6.50. The number of aromatic nitrogens is 5. The Balaban J connectivity index is 1.42. The molecule has 2 aliphatic heterocycles. The smallest absolute Gasteiger partial charge is 0.268 e. The van der Waals surface area contributed by atoms with Gasteiger partial charge >= 0.3 is 0 Å². The van der Waals surface area contributed by atoms with Crippen LogP contribution in [0.2, 0.25) is 0 Å². The summed E-state index contributed by atoms with van der Waals surface area (Å²) in [4.78, 5) is 27.1. The Labute approximate surface area is 190 Å². The van der Waals surface area contributed by atoms with Gasteiger partial charge < -0.3 is 15.0 Å². The van der Waals surface area contributed by atoms with Crippen LogP contribution in [-0.2, 0) is 16.2 Å². The first-order chi connectivity index (χ1) is 15.8. The zero-order valence-electron chi connectivity index (χ0n) is 18.8. The molecule has 0 spiro atoms. The van der Waals surface area contributed by atoms with E-state index in [2.05, 4.69) is 33.4 Å². The number of fused-ring (bicyclic) bond motifs is 3. The molecule has 2 aliphatic rings. The maximum Gasteiger partial charge on any atom is 0.268 e. The molecule has 33 heavy (non-hydrogen) atoms. The number of nitrogens with zero attached hydrogens (tertiary/aromatic N) is 6. The van der Waals surface area contributed by atoms with Crippen LogP contribution < -0.4 is 10.5 Å². The standard InChI is InChI=1S/C22H27N7O4/c1-13(2)29-20(24-12-25-29)17-11-27-6-7-32-18-8-14(4-5-16(18)19(27)26-17)15-9-28(10-15)22(3,33-31)21(23)30/h4-5,8,11-13,15,31H,6-7,9-10H2,1-3H3,(H2,23,30). The molecular formula is C22H27N7O4. The van der Waals surface area contributed by atoms with E-state index in [1.54, 1.807) is 11.2 Å². The summed E-state index contributed by atoms with van der Waals surface area (Å²) in [6.07, 6.45) is 3.55. The fourth-order valence-corrected chi connectivity index (χ4v) is 4.37. The summed E-state index contributed by atoms with van der Waals surface area (Å²) in [5, 5.41) is 13.5. The molecular weight excluding hydrogens is 426 g/mol. The van der Waals surface area contributed by atoms with Gasteiger partial charge in [0.25, 0.3) is 5.91 Å². The lowest BCUT2D eigenvalue weighted by Gasteiger charge is -2.47. The first-order valence-corrected chi connectivity index (χ1v) is 10.9. The number of benzene rings is 1. The molecule has 1 saturated heterocycles. The van der Waals surface area contributed by atoms with Crippen LogP contribution in [-0.4, -0.2) is 65.8 Å². The Morgan fingerprint density at radius 1 is 1.33 bits per heavy atom. The van der Waals surface area contributed by atoms with Crippen LogP contribution in [0, 0.1) is 0 Å². The van der Waals surface area contributed by atoms with E-state index in [0.29, 0.717) is 26.2 Å². The monoisotopic (exact) mass is 453 g/mol. The van der Waals surface area contributed by atoms with Gasteiger partial charge in [-0.25, -0.2) is 24.8 Å². The van der Waals surface area contributed by atoms with E-state index in [1.807, 2.05) is 29.1 Å². The summed E-state index contributed by atoms with van der Waals surface area (Å²) in [6.45, 7) is 7.83. The average Bonchev–Trinajstić information content (AvgIpc) is 3.37. The van der Waals surface area contributed by atoms with Crippen molar-refractivity contribution in [2.24, 2.45) is 5.73 Å². The predicted molar refractivity (Wildman–Crippen MR) is 118 cm³/mol. The van der Waals surface area contributed by atoms with Crippen LogP contribution in [0.4, 0.5) is 0 Å². The molecule has 0 saturated carbocycles. The zero-order chi connectivity index (χ0) is 23.3. The van der Waals surface area contributed by atoms with Crippen molar-refractivity contribution in [2.45, 2.75) is 45.0 Å². The first-order valence-electron chi connectivity index (χ1n) is 10.9. The molecule has 1 aromatic carbocycles. The number of primary amides is 1. The van der Waals surface area contributed by atoms with Gasteiger partial charge in [-0.2, -0.15) is 5.10 Å². The highest BCUT2D eigenvalue weighted by atomic mass is 17.1. The average molecular weight is 454 g/mol.